The van der Waals surface area contributed by atoms with Crippen molar-refractivity contribution in [3.63, 3.8) is 0 Å². The van der Waals surface area contributed by atoms with Gasteiger partial charge in [0.05, 0.1) is 5.92 Å². The third-order valence-corrected chi connectivity index (χ3v) is 9.85. The minimum Gasteiger partial charge on any atom is -0.342 e. The molecule has 1 saturated heterocycles. The van der Waals surface area contributed by atoms with E-state index in [0.717, 1.165) is 60.6 Å². The van der Waals surface area contributed by atoms with E-state index >= 15 is 0 Å². The number of fused-ring (bicyclic) bond motifs is 2. The van der Waals surface area contributed by atoms with Gasteiger partial charge >= 0.3 is 0 Å². The summed E-state index contributed by atoms with van der Waals surface area (Å²) in [6, 6.07) is 5.67. The highest BCUT2D eigenvalue weighted by Gasteiger charge is 2.81. The van der Waals surface area contributed by atoms with Crippen molar-refractivity contribution in [1.29, 1.82) is 0 Å². The molecule has 152 valence electrons. The summed E-state index contributed by atoms with van der Waals surface area (Å²) in [5, 5.41) is 2.97. The lowest BCUT2D eigenvalue weighted by molar-refractivity contribution is -0.146. The molecule has 7 rings (SSSR count). The molecular weight excluding hydrogens is 362 g/mol. The highest BCUT2D eigenvalue weighted by Crippen LogP contribution is 2.84. The Morgan fingerprint density at radius 1 is 1.03 bits per heavy atom. The fourth-order valence-electron chi connectivity index (χ4n) is 9.25. The first kappa shape index (κ1) is 16.8. The van der Waals surface area contributed by atoms with Gasteiger partial charge in [0.1, 0.15) is 5.82 Å². The normalized spacial score (nSPS) is 47.6. The van der Waals surface area contributed by atoms with Crippen molar-refractivity contribution in [2.24, 2.45) is 59.2 Å². The number of piperidine rings is 1. The lowest BCUT2D eigenvalue weighted by Gasteiger charge is -2.48. The monoisotopic (exact) mass is 391 g/mol. The SMILES string of the molecule is Cc1cccc(NC(=O)C2CCCN(C(=O)C3C4C5CC6C7C5CC4C7C63)C2)n1. The smallest absolute Gasteiger partial charge is 0.230 e. The lowest BCUT2D eigenvalue weighted by atomic mass is 9.57. The van der Waals surface area contributed by atoms with Crippen LogP contribution in [0, 0.1) is 66.1 Å². The number of amides is 2. The van der Waals surface area contributed by atoms with Gasteiger partial charge in [-0.05, 0) is 92.1 Å². The fourth-order valence-corrected chi connectivity index (χ4v) is 9.25. The molecule has 2 heterocycles. The van der Waals surface area contributed by atoms with E-state index in [1.165, 1.54) is 12.8 Å². The van der Waals surface area contributed by atoms with Crippen LogP contribution in [0.1, 0.15) is 31.4 Å². The van der Waals surface area contributed by atoms with Crippen LogP contribution in [0.4, 0.5) is 5.82 Å². The molecule has 0 spiro atoms. The molecule has 1 N–H and O–H groups in total. The first-order valence-corrected chi connectivity index (χ1v) is 11.6. The van der Waals surface area contributed by atoms with E-state index in [4.69, 9.17) is 0 Å². The van der Waals surface area contributed by atoms with Crippen molar-refractivity contribution >= 4 is 17.6 Å². The van der Waals surface area contributed by atoms with Crippen molar-refractivity contribution in [3.8, 4) is 0 Å². The molecule has 6 aliphatic rings. The van der Waals surface area contributed by atoms with Crippen LogP contribution < -0.4 is 5.32 Å². The van der Waals surface area contributed by atoms with E-state index in [-0.39, 0.29) is 17.7 Å². The van der Waals surface area contributed by atoms with Crippen LogP contribution in [0.5, 0.6) is 0 Å². The zero-order valence-corrected chi connectivity index (χ0v) is 17.0. The number of pyridine rings is 1. The number of carbonyl (C=O) groups excluding carboxylic acids is 2. The van der Waals surface area contributed by atoms with E-state index < -0.39 is 0 Å². The Morgan fingerprint density at radius 3 is 2.66 bits per heavy atom. The maximum atomic E-state index is 13.7. The average Bonchev–Trinajstić information content (AvgIpc) is 3.27. The third-order valence-electron chi connectivity index (χ3n) is 9.85. The Balaban J connectivity index is 1.07. The van der Waals surface area contributed by atoms with E-state index in [2.05, 4.69) is 15.2 Å². The quantitative estimate of drug-likeness (QED) is 0.862. The van der Waals surface area contributed by atoms with Gasteiger partial charge in [-0.25, -0.2) is 4.98 Å². The van der Waals surface area contributed by atoms with Crippen molar-refractivity contribution in [2.75, 3.05) is 18.4 Å². The van der Waals surface area contributed by atoms with Gasteiger partial charge in [0.2, 0.25) is 11.8 Å². The number of hydrogen-bond donors (Lipinski definition) is 1. The third kappa shape index (κ3) is 2.04. The van der Waals surface area contributed by atoms with Gasteiger partial charge in [-0.2, -0.15) is 0 Å². The highest BCUT2D eigenvalue weighted by molar-refractivity contribution is 5.92. The van der Waals surface area contributed by atoms with Gasteiger partial charge in [0.25, 0.3) is 0 Å². The molecule has 0 radical (unpaired) electrons. The molecule has 10 unspecified atom stereocenters. The molecule has 5 heteroatoms. The second-order valence-electron chi connectivity index (χ2n) is 10.7. The summed E-state index contributed by atoms with van der Waals surface area (Å²) >= 11 is 0. The molecule has 5 nitrogen and oxygen atoms in total. The first-order valence-electron chi connectivity index (χ1n) is 11.6. The largest absolute Gasteiger partial charge is 0.342 e. The van der Waals surface area contributed by atoms with Gasteiger partial charge in [-0.15, -0.1) is 0 Å². The number of aromatic nitrogens is 1. The van der Waals surface area contributed by atoms with Crippen LogP contribution in [0.3, 0.4) is 0 Å². The number of anilines is 1. The van der Waals surface area contributed by atoms with Crippen LogP contribution >= 0.6 is 0 Å². The summed E-state index contributed by atoms with van der Waals surface area (Å²) in [6.45, 7) is 3.34. The summed E-state index contributed by atoms with van der Waals surface area (Å²) in [7, 11) is 0. The van der Waals surface area contributed by atoms with Gasteiger partial charge in [-0.1, -0.05) is 6.07 Å². The van der Waals surface area contributed by atoms with Crippen LogP contribution in [0.25, 0.3) is 0 Å². The Kier molecular flexibility index (Phi) is 3.26. The fraction of sp³-hybridized carbons (Fsp3) is 0.708. The molecule has 2 amide bonds. The Labute approximate surface area is 171 Å². The number of aryl methyl sites for hydroxylation is 1. The van der Waals surface area contributed by atoms with Crippen molar-refractivity contribution < 1.29 is 9.59 Å². The molecule has 6 fully saturated rings. The van der Waals surface area contributed by atoms with Crippen LogP contribution in [0.2, 0.25) is 0 Å². The van der Waals surface area contributed by atoms with Crippen LogP contribution in [0.15, 0.2) is 18.2 Å². The highest BCUT2D eigenvalue weighted by atomic mass is 16.2. The van der Waals surface area contributed by atoms with E-state index in [9.17, 15) is 9.59 Å². The van der Waals surface area contributed by atoms with Crippen LogP contribution in [-0.4, -0.2) is 34.8 Å². The number of rotatable bonds is 3. The zero-order valence-electron chi connectivity index (χ0n) is 17.0. The van der Waals surface area contributed by atoms with Gasteiger partial charge < -0.3 is 10.2 Å². The van der Waals surface area contributed by atoms with Crippen molar-refractivity contribution in [2.45, 2.75) is 32.6 Å². The standard InChI is InChI=1S/C24H29N3O2/c1-11-4-2-6-17(25-11)26-23(28)12-5-3-7-27(10-12)24(29)22-19-14-9-15-18-13(14)8-16(19)20(18)21(15)22/h2,4,6,12-16,18-22H,3,5,7-10H2,1H3,(H,25,26,28). The van der Waals surface area contributed by atoms with Crippen molar-refractivity contribution in [1.82, 2.24) is 9.88 Å². The molecule has 1 aliphatic heterocycles. The molecule has 0 aromatic carbocycles. The lowest BCUT2D eigenvalue weighted by Crippen LogP contribution is -2.52. The molecule has 10 atom stereocenters. The summed E-state index contributed by atoms with van der Waals surface area (Å²) in [5.74, 6) is 8.01. The van der Waals surface area contributed by atoms with Gasteiger partial charge in [0, 0.05) is 24.7 Å². The number of nitrogens with one attached hydrogen (secondary N) is 1. The molecule has 5 saturated carbocycles. The first-order chi connectivity index (χ1) is 14.1. The predicted molar refractivity (Wildman–Crippen MR) is 108 cm³/mol. The summed E-state index contributed by atoms with van der Waals surface area (Å²) < 4.78 is 0. The number of likely N-dealkylation sites (tertiary alicyclic amines) is 1. The molecular formula is C24H29N3O2. The Morgan fingerprint density at radius 2 is 1.83 bits per heavy atom. The van der Waals surface area contributed by atoms with Gasteiger partial charge in [-0.3, -0.25) is 9.59 Å². The second kappa shape index (κ2) is 5.61. The van der Waals surface area contributed by atoms with E-state index in [0.29, 0.717) is 30.1 Å². The predicted octanol–water partition coefficient (Wildman–Crippen LogP) is 2.96. The minimum absolute atomic E-state index is 0.0135. The maximum absolute atomic E-state index is 13.7. The van der Waals surface area contributed by atoms with Crippen molar-refractivity contribution in [3.05, 3.63) is 23.9 Å². The average molecular weight is 392 g/mol. The summed E-state index contributed by atoms with van der Waals surface area (Å²) in [4.78, 5) is 33.0. The summed E-state index contributed by atoms with van der Waals surface area (Å²) in [5.41, 5.74) is 0.895. The number of hydrogen-bond acceptors (Lipinski definition) is 3. The van der Waals surface area contributed by atoms with Crippen LogP contribution in [-0.2, 0) is 9.59 Å². The minimum atomic E-state index is -0.117. The zero-order chi connectivity index (χ0) is 19.4. The Hall–Kier alpha value is -1.91. The molecule has 1 aromatic rings. The summed E-state index contributed by atoms with van der Waals surface area (Å²) in [6.07, 6.45) is 4.64. The Bertz CT molecular complexity index is 909. The number of nitrogens with zero attached hydrogens (tertiary/aromatic N) is 2. The topological polar surface area (TPSA) is 62.3 Å². The van der Waals surface area contributed by atoms with E-state index in [1.807, 2.05) is 25.1 Å². The van der Waals surface area contributed by atoms with Gasteiger partial charge in [0.15, 0.2) is 0 Å². The molecule has 2 bridgehead atoms. The second-order valence-corrected chi connectivity index (χ2v) is 10.7. The number of carbonyl (C=O) groups is 2. The molecule has 1 aromatic heterocycles. The molecule has 29 heavy (non-hydrogen) atoms. The van der Waals surface area contributed by atoms with E-state index in [1.54, 1.807) is 0 Å². The molecule has 5 aliphatic carbocycles. The maximum Gasteiger partial charge on any atom is 0.230 e.